The molecule has 0 spiro atoms. The lowest BCUT2D eigenvalue weighted by Gasteiger charge is -2.31. The number of aromatic nitrogens is 1. The van der Waals surface area contributed by atoms with Crippen molar-refractivity contribution in [3.8, 4) is 0 Å². The summed E-state index contributed by atoms with van der Waals surface area (Å²) in [6, 6.07) is 4.44. The molecule has 19 heavy (non-hydrogen) atoms. The Balaban J connectivity index is 0.00000180. The van der Waals surface area contributed by atoms with Gasteiger partial charge >= 0.3 is 0 Å². The van der Waals surface area contributed by atoms with Crippen LogP contribution in [0.3, 0.4) is 0 Å². The summed E-state index contributed by atoms with van der Waals surface area (Å²) in [6.45, 7) is 1.75. The van der Waals surface area contributed by atoms with Crippen LogP contribution in [-0.4, -0.2) is 47.7 Å². The number of likely N-dealkylation sites (tertiary alicyclic amines) is 1. The van der Waals surface area contributed by atoms with Crippen LogP contribution in [0.2, 0.25) is 0 Å². The summed E-state index contributed by atoms with van der Waals surface area (Å²) in [5.74, 6) is 0.764. The monoisotopic (exact) mass is 301 g/mol. The highest BCUT2D eigenvalue weighted by Crippen LogP contribution is 2.18. The minimum absolute atomic E-state index is 0. The normalized spacial score (nSPS) is 15.9. The molecule has 1 N–H and O–H groups in total. The molecule has 6 heteroatoms. The average Bonchev–Trinajstić information content (AvgIpc) is 2.46. The SMILES string of the molecule is CNC1CCN(C(=O)CSc2ccncc2)CC1.Cl. The summed E-state index contributed by atoms with van der Waals surface area (Å²) >= 11 is 1.58. The molecular formula is C13H20ClN3OS. The van der Waals surface area contributed by atoms with Gasteiger partial charge in [0.2, 0.25) is 5.91 Å². The van der Waals surface area contributed by atoms with E-state index < -0.39 is 0 Å². The van der Waals surface area contributed by atoms with Crippen molar-refractivity contribution >= 4 is 30.1 Å². The Labute approximate surface area is 124 Å². The van der Waals surface area contributed by atoms with Gasteiger partial charge in [-0.15, -0.1) is 24.2 Å². The molecule has 0 aliphatic carbocycles. The fourth-order valence-corrected chi connectivity index (χ4v) is 2.88. The first kappa shape index (κ1) is 16.3. The predicted molar refractivity (Wildman–Crippen MR) is 80.9 cm³/mol. The molecule has 1 aliphatic heterocycles. The Bertz CT molecular complexity index is 383. The lowest BCUT2D eigenvalue weighted by atomic mass is 10.1. The van der Waals surface area contributed by atoms with Gasteiger partial charge in [-0.3, -0.25) is 9.78 Å². The molecule has 0 unspecified atom stereocenters. The van der Waals surface area contributed by atoms with Gasteiger partial charge in [0.15, 0.2) is 0 Å². The second kappa shape index (κ2) is 8.40. The Hall–Kier alpha value is -0.780. The van der Waals surface area contributed by atoms with E-state index in [2.05, 4.69) is 10.3 Å². The van der Waals surface area contributed by atoms with E-state index in [0.29, 0.717) is 11.8 Å². The van der Waals surface area contributed by atoms with E-state index in [1.54, 1.807) is 24.2 Å². The zero-order valence-corrected chi connectivity index (χ0v) is 12.7. The van der Waals surface area contributed by atoms with Crippen molar-refractivity contribution in [2.75, 3.05) is 25.9 Å². The van der Waals surface area contributed by atoms with Crippen molar-refractivity contribution in [1.29, 1.82) is 0 Å². The van der Waals surface area contributed by atoms with Crippen LogP contribution >= 0.6 is 24.2 Å². The lowest BCUT2D eigenvalue weighted by molar-refractivity contribution is -0.129. The summed E-state index contributed by atoms with van der Waals surface area (Å²) in [6.07, 6.45) is 5.63. The smallest absolute Gasteiger partial charge is 0.232 e. The molecule has 0 aromatic carbocycles. The van der Waals surface area contributed by atoms with Crippen LogP contribution in [0, 0.1) is 0 Å². The number of amides is 1. The maximum absolute atomic E-state index is 12.0. The van der Waals surface area contributed by atoms with Crippen LogP contribution in [0.5, 0.6) is 0 Å². The number of carbonyl (C=O) groups excluding carboxylic acids is 1. The Morgan fingerprint density at radius 1 is 1.42 bits per heavy atom. The minimum Gasteiger partial charge on any atom is -0.342 e. The molecule has 4 nitrogen and oxygen atoms in total. The molecule has 1 fully saturated rings. The zero-order valence-electron chi connectivity index (χ0n) is 11.0. The second-order valence-electron chi connectivity index (χ2n) is 4.42. The standard InChI is InChI=1S/C13H19N3OS.ClH/c1-14-11-4-8-16(9-5-11)13(17)10-18-12-2-6-15-7-3-12;/h2-3,6-7,11,14H,4-5,8-10H2,1H3;1H. The molecule has 1 aromatic rings. The van der Waals surface area contributed by atoms with Crippen LogP contribution in [-0.2, 0) is 4.79 Å². The highest BCUT2D eigenvalue weighted by molar-refractivity contribution is 8.00. The maximum Gasteiger partial charge on any atom is 0.232 e. The van der Waals surface area contributed by atoms with E-state index in [0.717, 1.165) is 30.8 Å². The number of hydrogen-bond donors (Lipinski definition) is 1. The number of pyridine rings is 1. The van der Waals surface area contributed by atoms with E-state index in [1.807, 2.05) is 24.1 Å². The fraction of sp³-hybridized carbons (Fsp3) is 0.538. The Morgan fingerprint density at radius 2 is 2.05 bits per heavy atom. The summed E-state index contributed by atoms with van der Waals surface area (Å²) < 4.78 is 0. The molecule has 2 heterocycles. The van der Waals surface area contributed by atoms with Crippen LogP contribution in [0.1, 0.15) is 12.8 Å². The third-order valence-corrected chi connectivity index (χ3v) is 4.26. The van der Waals surface area contributed by atoms with E-state index in [-0.39, 0.29) is 18.3 Å². The number of nitrogens with one attached hydrogen (secondary N) is 1. The predicted octanol–water partition coefficient (Wildman–Crippen LogP) is 1.81. The topological polar surface area (TPSA) is 45.2 Å². The zero-order chi connectivity index (χ0) is 12.8. The molecule has 0 radical (unpaired) electrons. The average molecular weight is 302 g/mol. The van der Waals surface area contributed by atoms with Gasteiger partial charge < -0.3 is 10.2 Å². The number of rotatable bonds is 4. The molecule has 0 bridgehead atoms. The first-order valence-corrected chi connectivity index (χ1v) is 7.26. The molecule has 2 rings (SSSR count). The number of nitrogens with zero attached hydrogens (tertiary/aromatic N) is 2. The molecule has 1 aromatic heterocycles. The molecule has 0 atom stereocenters. The van der Waals surface area contributed by atoms with Crippen molar-refractivity contribution in [3.63, 3.8) is 0 Å². The quantitative estimate of drug-likeness (QED) is 0.862. The van der Waals surface area contributed by atoms with Gasteiger partial charge in [-0.2, -0.15) is 0 Å². The Morgan fingerprint density at radius 3 is 2.63 bits per heavy atom. The molecular weight excluding hydrogens is 282 g/mol. The highest BCUT2D eigenvalue weighted by atomic mass is 35.5. The van der Waals surface area contributed by atoms with Crippen molar-refractivity contribution in [1.82, 2.24) is 15.2 Å². The summed E-state index contributed by atoms with van der Waals surface area (Å²) in [5, 5.41) is 3.27. The van der Waals surface area contributed by atoms with Crippen molar-refractivity contribution < 1.29 is 4.79 Å². The third kappa shape index (κ3) is 5.01. The van der Waals surface area contributed by atoms with Gasteiger partial charge in [-0.25, -0.2) is 0 Å². The number of hydrogen-bond acceptors (Lipinski definition) is 4. The molecule has 0 saturated carbocycles. The van der Waals surface area contributed by atoms with E-state index >= 15 is 0 Å². The Kier molecular flexibility index (Phi) is 7.20. The van der Waals surface area contributed by atoms with Gasteiger partial charge in [-0.1, -0.05) is 0 Å². The van der Waals surface area contributed by atoms with Crippen LogP contribution in [0.25, 0.3) is 0 Å². The number of thioether (sulfide) groups is 1. The van der Waals surface area contributed by atoms with Crippen LogP contribution in [0.4, 0.5) is 0 Å². The molecule has 1 saturated heterocycles. The number of carbonyl (C=O) groups is 1. The highest BCUT2D eigenvalue weighted by Gasteiger charge is 2.21. The van der Waals surface area contributed by atoms with E-state index in [4.69, 9.17) is 0 Å². The largest absolute Gasteiger partial charge is 0.342 e. The maximum atomic E-state index is 12.0. The van der Waals surface area contributed by atoms with Crippen molar-refractivity contribution in [3.05, 3.63) is 24.5 Å². The molecule has 106 valence electrons. The number of halogens is 1. The fourth-order valence-electron chi connectivity index (χ4n) is 2.09. The lowest BCUT2D eigenvalue weighted by Crippen LogP contribution is -2.44. The van der Waals surface area contributed by atoms with Gasteiger partial charge in [0, 0.05) is 36.4 Å². The second-order valence-corrected chi connectivity index (χ2v) is 5.46. The first-order valence-electron chi connectivity index (χ1n) is 6.27. The van der Waals surface area contributed by atoms with Gasteiger partial charge in [-0.05, 0) is 32.0 Å². The van der Waals surface area contributed by atoms with Crippen LogP contribution in [0.15, 0.2) is 29.4 Å². The summed E-state index contributed by atoms with van der Waals surface area (Å²) in [7, 11) is 1.99. The minimum atomic E-state index is 0. The first-order chi connectivity index (χ1) is 8.79. The summed E-state index contributed by atoms with van der Waals surface area (Å²) in [5.41, 5.74) is 0. The van der Waals surface area contributed by atoms with Gasteiger partial charge in [0.05, 0.1) is 5.75 Å². The van der Waals surface area contributed by atoms with Crippen LogP contribution < -0.4 is 5.32 Å². The van der Waals surface area contributed by atoms with E-state index in [9.17, 15) is 4.79 Å². The number of piperidine rings is 1. The van der Waals surface area contributed by atoms with Gasteiger partial charge in [0.1, 0.15) is 0 Å². The van der Waals surface area contributed by atoms with Crippen molar-refractivity contribution in [2.45, 2.75) is 23.8 Å². The third-order valence-electron chi connectivity index (χ3n) is 3.27. The summed E-state index contributed by atoms with van der Waals surface area (Å²) in [4.78, 5) is 19.1. The van der Waals surface area contributed by atoms with Crippen molar-refractivity contribution in [2.24, 2.45) is 0 Å². The van der Waals surface area contributed by atoms with E-state index in [1.165, 1.54) is 0 Å². The molecule has 1 aliphatic rings. The molecule has 1 amide bonds. The van der Waals surface area contributed by atoms with Gasteiger partial charge in [0.25, 0.3) is 0 Å².